The van der Waals surface area contributed by atoms with Crippen molar-refractivity contribution in [3.63, 3.8) is 0 Å². The van der Waals surface area contributed by atoms with Crippen molar-refractivity contribution >= 4 is 22.4 Å². The van der Waals surface area contributed by atoms with Crippen LogP contribution in [0.4, 0.5) is 5.13 Å². The SMILES string of the molecule is CCOC(=O)C(C)(C)c1csc(N2CCC(CC)C2)n1. The van der Waals surface area contributed by atoms with Gasteiger partial charge in [0.05, 0.1) is 12.3 Å². The lowest BCUT2D eigenvalue weighted by atomic mass is 9.90. The zero-order valence-corrected chi connectivity index (χ0v) is 13.6. The van der Waals surface area contributed by atoms with E-state index < -0.39 is 5.41 Å². The number of carbonyl (C=O) groups is 1. The van der Waals surface area contributed by atoms with Crippen molar-refractivity contribution in [3.05, 3.63) is 11.1 Å². The summed E-state index contributed by atoms with van der Waals surface area (Å²) in [6.45, 7) is 10.4. The number of aromatic nitrogens is 1. The lowest BCUT2D eigenvalue weighted by Gasteiger charge is -2.20. The Morgan fingerprint density at radius 2 is 2.30 bits per heavy atom. The Labute approximate surface area is 125 Å². The topological polar surface area (TPSA) is 42.4 Å². The summed E-state index contributed by atoms with van der Waals surface area (Å²) in [7, 11) is 0. The van der Waals surface area contributed by atoms with Gasteiger partial charge >= 0.3 is 5.97 Å². The number of thiazole rings is 1. The van der Waals surface area contributed by atoms with Crippen molar-refractivity contribution in [1.29, 1.82) is 0 Å². The number of hydrogen-bond acceptors (Lipinski definition) is 5. The van der Waals surface area contributed by atoms with E-state index in [-0.39, 0.29) is 5.97 Å². The predicted molar refractivity (Wildman–Crippen MR) is 82.4 cm³/mol. The summed E-state index contributed by atoms with van der Waals surface area (Å²) in [6, 6.07) is 0. The van der Waals surface area contributed by atoms with Crippen LogP contribution in [-0.4, -0.2) is 30.6 Å². The van der Waals surface area contributed by atoms with Gasteiger partial charge in [-0.05, 0) is 33.1 Å². The molecule has 1 aromatic heterocycles. The molecule has 0 aromatic carbocycles. The summed E-state index contributed by atoms with van der Waals surface area (Å²) < 4.78 is 5.14. The summed E-state index contributed by atoms with van der Waals surface area (Å²) in [5.41, 5.74) is 0.144. The molecular formula is C15H24N2O2S. The molecule has 0 saturated carbocycles. The van der Waals surface area contributed by atoms with E-state index in [1.165, 1.54) is 12.8 Å². The molecular weight excluding hydrogens is 272 g/mol. The van der Waals surface area contributed by atoms with Crippen LogP contribution < -0.4 is 4.90 Å². The van der Waals surface area contributed by atoms with E-state index in [9.17, 15) is 4.79 Å². The van der Waals surface area contributed by atoms with E-state index in [1.807, 2.05) is 26.2 Å². The van der Waals surface area contributed by atoms with Gasteiger partial charge in [-0.3, -0.25) is 4.79 Å². The molecule has 1 aliphatic rings. The van der Waals surface area contributed by atoms with Crippen molar-refractivity contribution in [2.24, 2.45) is 5.92 Å². The van der Waals surface area contributed by atoms with Gasteiger partial charge in [0, 0.05) is 18.5 Å². The maximum Gasteiger partial charge on any atom is 0.317 e. The first-order valence-corrected chi connectivity index (χ1v) is 8.25. The number of ether oxygens (including phenoxy) is 1. The van der Waals surface area contributed by atoms with Crippen LogP contribution in [0, 0.1) is 5.92 Å². The molecule has 5 heteroatoms. The highest BCUT2D eigenvalue weighted by Gasteiger charge is 2.35. The fourth-order valence-corrected chi connectivity index (χ4v) is 3.48. The van der Waals surface area contributed by atoms with Crippen LogP contribution in [0.15, 0.2) is 5.38 Å². The van der Waals surface area contributed by atoms with Crippen molar-refractivity contribution in [1.82, 2.24) is 4.98 Å². The van der Waals surface area contributed by atoms with Gasteiger partial charge in [0.2, 0.25) is 0 Å². The monoisotopic (exact) mass is 296 g/mol. The van der Waals surface area contributed by atoms with E-state index in [2.05, 4.69) is 16.8 Å². The highest BCUT2D eigenvalue weighted by Crippen LogP contribution is 2.33. The fraction of sp³-hybridized carbons (Fsp3) is 0.733. The third kappa shape index (κ3) is 2.97. The highest BCUT2D eigenvalue weighted by atomic mass is 32.1. The molecule has 0 radical (unpaired) electrons. The Kier molecular flexibility index (Phi) is 4.68. The first kappa shape index (κ1) is 15.3. The Bertz CT molecular complexity index is 470. The largest absolute Gasteiger partial charge is 0.465 e. The molecule has 1 fully saturated rings. The molecule has 4 nitrogen and oxygen atoms in total. The van der Waals surface area contributed by atoms with Crippen LogP contribution in [0.2, 0.25) is 0 Å². The maximum atomic E-state index is 12.0. The second kappa shape index (κ2) is 6.12. The lowest BCUT2D eigenvalue weighted by molar-refractivity contribution is -0.148. The summed E-state index contributed by atoms with van der Waals surface area (Å²) in [5.74, 6) is 0.574. The van der Waals surface area contributed by atoms with E-state index in [1.54, 1.807) is 11.3 Å². The van der Waals surface area contributed by atoms with E-state index in [0.29, 0.717) is 6.61 Å². The van der Waals surface area contributed by atoms with E-state index >= 15 is 0 Å². The first-order chi connectivity index (χ1) is 9.48. The Morgan fingerprint density at radius 3 is 2.90 bits per heavy atom. The Morgan fingerprint density at radius 1 is 1.55 bits per heavy atom. The third-order valence-corrected chi connectivity index (χ3v) is 4.95. The molecule has 1 saturated heterocycles. The minimum absolute atomic E-state index is 0.204. The number of rotatable bonds is 5. The van der Waals surface area contributed by atoms with Crippen molar-refractivity contribution in [2.75, 3.05) is 24.6 Å². The molecule has 1 unspecified atom stereocenters. The molecule has 0 spiro atoms. The van der Waals surface area contributed by atoms with Crippen LogP contribution >= 0.6 is 11.3 Å². The standard InChI is InChI=1S/C15H24N2O2S/c1-5-11-7-8-17(9-11)14-16-12(10-20-14)15(3,4)13(18)19-6-2/h10-11H,5-9H2,1-4H3. The molecule has 20 heavy (non-hydrogen) atoms. The molecule has 0 bridgehead atoms. The van der Waals surface area contributed by atoms with Gasteiger partial charge in [-0.25, -0.2) is 4.98 Å². The van der Waals surface area contributed by atoms with Crippen LogP contribution in [-0.2, 0) is 14.9 Å². The number of nitrogens with zero attached hydrogens (tertiary/aromatic N) is 2. The second-order valence-electron chi connectivity index (χ2n) is 5.87. The quantitative estimate of drug-likeness (QED) is 0.782. The average Bonchev–Trinajstić information content (AvgIpc) is 3.07. The molecule has 2 rings (SSSR count). The summed E-state index contributed by atoms with van der Waals surface area (Å²) in [6.07, 6.45) is 2.47. The first-order valence-electron chi connectivity index (χ1n) is 7.37. The van der Waals surface area contributed by atoms with Gasteiger partial charge in [-0.1, -0.05) is 13.3 Å². The third-order valence-electron chi connectivity index (χ3n) is 4.05. The molecule has 1 atom stereocenters. The Hall–Kier alpha value is -1.10. The Balaban J connectivity index is 2.11. The van der Waals surface area contributed by atoms with Gasteiger partial charge in [0.15, 0.2) is 5.13 Å². The molecule has 2 heterocycles. The zero-order chi connectivity index (χ0) is 14.8. The van der Waals surface area contributed by atoms with Crippen molar-refractivity contribution < 1.29 is 9.53 Å². The van der Waals surface area contributed by atoms with Crippen molar-refractivity contribution in [3.8, 4) is 0 Å². The lowest BCUT2D eigenvalue weighted by Crippen LogP contribution is -2.31. The number of carbonyl (C=O) groups excluding carboxylic acids is 1. The smallest absolute Gasteiger partial charge is 0.317 e. The molecule has 1 aliphatic heterocycles. The van der Waals surface area contributed by atoms with Crippen molar-refractivity contribution in [2.45, 2.75) is 46.0 Å². The van der Waals surface area contributed by atoms with E-state index in [4.69, 9.17) is 4.74 Å². The van der Waals surface area contributed by atoms with Gasteiger partial charge < -0.3 is 9.64 Å². The maximum absolute atomic E-state index is 12.0. The second-order valence-corrected chi connectivity index (χ2v) is 6.71. The number of hydrogen-bond donors (Lipinski definition) is 0. The molecule has 0 aliphatic carbocycles. The molecule has 0 amide bonds. The molecule has 0 N–H and O–H groups in total. The highest BCUT2D eigenvalue weighted by molar-refractivity contribution is 7.13. The summed E-state index contributed by atoms with van der Waals surface area (Å²) in [4.78, 5) is 19.0. The van der Waals surface area contributed by atoms with Gasteiger partial charge in [0.25, 0.3) is 0 Å². The van der Waals surface area contributed by atoms with Gasteiger partial charge in [-0.15, -0.1) is 11.3 Å². The number of anilines is 1. The summed E-state index contributed by atoms with van der Waals surface area (Å²) >= 11 is 1.63. The van der Waals surface area contributed by atoms with Crippen LogP contribution in [0.5, 0.6) is 0 Å². The van der Waals surface area contributed by atoms with Crippen LogP contribution in [0.3, 0.4) is 0 Å². The number of esters is 1. The van der Waals surface area contributed by atoms with Crippen LogP contribution in [0.25, 0.3) is 0 Å². The molecule has 112 valence electrons. The van der Waals surface area contributed by atoms with Gasteiger partial charge in [0.1, 0.15) is 5.41 Å². The van der Waals surface area contributed by atoms with Crippen LogP contribution in [0.1, 0.15) is 46.2 Å². The normalized spacial score (nSPS) is 19.4. The minimum Gasteiger partial charge on any atom is -0.465 e. The summed E-state index contributed by atoms with van der Waals surface area (Å²) in [5, 5.41) is 3.03. The van der Waals surface area contributed by atoms with Gasteiger partial charge in [-0.2, -0.15) is 0 Å². The minimum atomic E-state index is -0.672. The average molecular weight is 296 g/mol. The zero-order valence-electron chi connectivity index (χ0n) is 12.8. The predicted octanol–water partition coefficient (Wildman–Crippen LogP) is 3.22. The fourth-order valence-electron chi connectivity index (χ4n) is 2.45. The van der Waals surface area contributed by atoms with E-state index in [0.717, 1.165) is 29.8 Å². The molecule has 1 aromatic rings.